The first-order valence-corrected chi connectivity index (χ1v) is 8.16. The lowest BCUT2D eigenvalue weighted by atomic mass is 10.2. The van der Waals surface area contributed by atoms with E-state index in [2.05, 4.69) is 10.3 Å². The summed E-state index contributed by atoms with van der Waals surface area (Å²) in [4.78, 5) is 15.0. The van der Waals surface area contributed by atoms with E-state index in [9.17, 15) is 13.2 Å². The van der Waals surface area contributed by atoms with Gasteiger partial charge >= 0.3 is 6.18 Å². The summed E-state index contributed by atoms with van der Waals surface area (Å²) >= 11 is 0. The Morgan fingerprint density at radius 3 is 2.56 bits per heavy atom. The summed E-state index contributed by atoms with van der Waals surface area (Å²) in [6, 6.07) is 5.68. The van der Waals surface area contributed by atoms with Crippen LogP contribution in [0.2, 0.25) is 0 Å². The summed E-state index contributed by atoms with van der Waals surface area (Å²) in [6.07, 6.45) is -3.08. The molecule has 0 saturated carbocycles. The van der Waals surface area contributed by atoms with E-state index in [1.54, 1.807) is 12.1 Å². The molecular weight excluding hydrogens is 367 g/mol. The van der Waals surface area contributed by atoms with Gasteiger partial charge in [0.1, 0.15) is 23.7 Å². The van der Waals surface area contributed by atoms with Gasteiger partial charge in [0.15, 0.2) is 0 Å². The Bertz CT molecular complexity index is 726. The van der Waals surface area contributed by atoms with E-state index < -0.39 is 23.6 Å². The number of piperazine rings is 1. The van der Waals surface area contributed by atoms with Crippen molar-refractivity contribution in [2.75, 3.05) is 31.1 Å². The molecule has 0 aromatic carbocycles. The van der Waals surface area contributed by atoms with Crippen molar-refractivity contribution >= 4 is 11.8 Å². The number of furan rings is 1. The summed E-state index contributed by atoms with van der Waals surface area (Å²) < 4.78 is 49.7. The van der Waals surface area contributed by atoms with E-state index in [4.69, 9.17) is 19.1 Å². The number of anilines is 1. The molecule has 0 aliphatic carbocycles. The number of hydrogen-bond donors (Lipinski definition) is 2. The van der Waals surface area contributed by atoms with Gasteiger partial charge in [0.25, 0.3) is 5.97 Å². The first-order valence-electron chi connectivity index (χ1n) is 8.16. The number of ether oxygens (including phenoxy) is 1. The van der Waals surface area contributed by atoms with E-state index in [0.717, 1.165) is 26.1 Å². The van der Waals surface area contributed by atoms with Gasteiger partial charge in [0, 0.05) is 33.1 Å². The molecule has 0 amide bonds. The number of nitrogens with zero attached hydrogens (tertiary/aromatic N) is 2. The molecule has 1 aliphatic rings. The highest BCUT2D eigenvalue weighted by atomic mass is 19.4. The topological polar surface area (TPSA) is 87.8 Å². The minimum Gasteiger partial charge on any atom is -0.481 e. The number of rotatable bonds is 4. The Morgan fingerprint density at radius 1 is 1.33 bits per heavy atom. The van der Waals surface area contributed by atoms with E-state index in [0.29, 0.717) is 24.7 Å². The van der Waals surface area contributed by atoms with E-state index in [1.807, 2.05) is 4.90 Å². The third-order valence-corrected chi connectivity index (χ3v) is 3.52. The zero-order valence-corrected chi connectivity index (χ0v) is 14.6. The van der Waals surface area contributed by atoms with E-state index >= 15 is 0 Å². The molecule has 7 nitrogen and oxygen atoms in total. The largest absolute Gasteiger partial charge is 0.481 e. The number of hydrogen-bond acceptors (Lipinski definition) is 6. The van der Waals surface area contributed by atoms with Crippen molar-refractivity contribution < 1.29 is 32.2 Å². The lowest BCUT2D eigenvalue weighted by Crippen LogP contribution is -2.43. The predicted octanol–water partition coefficient (Wildman–Crippen LogP) is 2.77. The second kappa shape index (κ2) is 9.26. The molecule has 2 aromatic heterocycles. The molecule has 27 heavy (non-hydrogen) atoms. The number of aliphatic carboxylic acids is 1. The van der Waals surface area contributed by atoms with Crippen molar-refractivity contribution in [1.29, 1.82) is 0 Å². The highest BCUT2D eigenvalue weighted by molar-refractivity contribution is 5.62. The maximum absolute atomic E-state index is 13.1. The van der Waals surface area contributed by atoms with Crippen LogP contribution in [0.4, 0.5) is 19.0 Å². The van der Waals surface area contributed by atoms with Crippen molar-refractivity contribution in [2.45, 2.75) is 19.7 Å². The van der Waals surface area contributed by atoms with Gasteiger partial charge in [-0.25, -0.2) is 0 Å². The third-order valence-electron chi connectivity index (χ3n) is 3.52. The van der Waals surface area contributed by atoms with Crippen LogP contribution in [0, 0.1) is 0 Å². The van der Waals surface area contributed by atoms with Gasteiger partial charge in [0.05, 0.1) is 6.26 Å². The molecular formula is C17H20F3N3O4. The maximum atomic E-state index is 13.1. The first kappa shape index (κ1) is 20.6. The zero-order chi connectivity index (χ0) is 19.9. The lowest BCUT2D eigenvalue weighted by Gasteiger charge is -2.29. The van der Waals surface area contributed by atoms with Crippen LogP contribution in [-0.2, 0) is 17.6 Å². The van der Waals surface area contributed by atoms with Crippen molar-refractivity contribution in [3.05, 3.63) is 41.9 Å². The molecule has 0 unspecified atom stereocenters. The van der Waals surface area contributed by atoms with Crippen LogP contribution in [0.25, 0.3) is 0 Å². The van der Waals surface area contributed by atoms with Gasteiger partial charge < -0.3 is 24.5 Å². The number of aromatic nitrogens is 1. The molecule has 2 N–H and O–H groups in total. The molecule has 1 saturated heterocycles. The average Bonchev–Trinajstić information content (AvgIpc) is 3.13. The van der Waals surface area contributed by atoms with Crippen LogP contribution in [-0.4, -0.2) is 42.2 Å². The molecule has 0 spiro atoms. The number of halogens is 3. The molecule has 2 aromatic rings. The van der Waals surface area contributed by atoms with Gasteiger partial charge in [-0.1, -0.05) is 0 Å². The fraction of sp³-hybridized carbons (Fsp3) is 0.412. The number of alkyl halides is 3. The van der Waals surface area contributed by atoms with Crippen LogP contribution < -0.4 is 15.0 Å². The molecule has 3 heterocycles. The Morgan fingerprint density at radius 2 is 2.00 bits per heavy atom. The zero-order valence-electron chi connectivity index (χ0n) is 14.6. The SMILES string of the molecule is CC(=O)O.FC(F)(F)c1ccc(N2CCNCC2)nc1OCc1ccco1. The average molecular weight is 387 g/mol. The molecule has 10 heteroatoms. The Hall–Kier alpha value is -2.75. The van der Waals surface area contributed by atoms with Crippen LogP contribution in [0.5, 0.6) is 5.88 Å². The summed E-state index contributed by atoms with van der Waals surface area (Å²) in [6.45, 7) is 3.90. The number of carboxylic acid groups (broad SMARTS) is 1. The van der Waals surface area contributed by atoms with Crippen LogP contribution in [0.15, 0.2) is 34.9 Å². The fourth-order valence-electron chi connectivity index (χ4n) is 2.36. The van der Waals surface area contributed by atoms with Crippen LogP contribution in [0.3, 0.4) is 0 Å². The van der Waals surface area contributed by atoms with Gasteiger partial charge in [-0.3, -0.25) is 4.79 Å². The second-order valence-electron chi connectivity index (χ2n) is 5.64. The number of carbonyl (C=O) groups is 1. The van der Waals surface area contributed by atoms with Crippen molar-refractivity contribution in [3.8, 4) is 5.88 Å². The van der Waals surface area contributed by atoms with Crippen molar-refractivity contribution in [3.63, 3.8) is 0 Å². The van der Waals surface area contributed by atoms with Crippen molar-refractivity contribution in [1.82, 2.24) is 10.3 Å². The lowest BCUT2D eigenvalue weighted by molar-refractivity contribution is -0.139. The molecule has 1 fully saturated rings. The van der Waals surface area contributed by atoms with Gasteiger partial charge in [0.2, 0.25) is 5.88 Å². The Labute approximate surface area is 153 Å². The van der Waals surface area contributed by atoms with E-state index in [-0.39, 0.29) is 6.61 Å². The minimum atomic E-state index is -4.52. The molecule has 148 valence electrons. The van der Waals surface area contributed by atoms with Crippen LogP contribution >= 0.6 is 0 Å². The Kier molecular flexibility index (Phi) is 7.05. The van der Waals surface area contributed by atoms with Gasteiger partial charge in [-0.15, -0.1) is 0 Å². The summed E-state index contributed by atoms with van der Waals surface area (Å²) in [5, 5.41) is 10.6. The summed E-state index contributed by atoms with van der Waals surface area (Å²) in [5.74, 6) is -0.341. The third kappa shape index (κ3) is 6.48. The molecule has 0 bridgehead atoms. The molecule has 0 atom stereocenters. The molecule has 3 rings (SSSR count). The fourth-order valence-corrected chi connectivity index (χ4v) is 2.36. The number of pyridine rings is 1. The standard InChI is InChI=1S/C15H16F3N3O2.C2H4O2/c16-15(17,18)12-3-4-13(21-7-5-19-6-8-21)20-14(12)23-10-11-2-1-9-22-11;1-2(3)4/h1-4,9,19H,5-8,10H2;1H3,(H,3,4). The summed E-state index contributed by atoms with van der Waals surface area (Å²) in [7, 11) is 0. The Balaban J connectivity index is 0.000000596. The van der Waals surface area contributed by atoms with Crippen LogP contribution in [0.1, 0.15) is 18.2 Å². The highest BCUT2D eigenvalue weighted by Gasteiger charge is 2.36. The smallest absolute Gasteiger partial charge is 0.421 e. The normalized spacial score (nSPS) is 14.3. The monoisotopic (exact) mass is 387 g/mol. The number of carboxylic acids is 1. The van der Waals surface area contributed by atoms with E-state index in [1.165, 1.54) is 12.3 Å². The van der Waals surface area contributed by atoms with Gasteiger partial charge in [-0.05, 0) is 24.3 Å². The second-order valence-corrected chi connectivity index (χ2v) is 5.64. The predicted molar refractivity (Wildman–Crippen MR) is 90.7 cm³/mol. The highest BCUT2D eigenvalue weighted by Crippen LogP contribution is 2.36. The minimum absolute atomic E-state index is 0.103. The molecule has 0 radical (unpaired) electrons. The molecule has 1 aliphatic heterocycles. The maximum Gasteiger partial charge on any atom is 0.421 e. The van der Waals surface area contributed by atoms with Gasteiger partial charge in [-0.2, -0.15) is 18.2 Å². The summed E-state index contributed by atoms with van der Waals surface area (Å²) in [5.41, 5.74) is -0.886. The van der Waals surface area contributed by atoms with Crippen molar-refractivity contribution in [2.24, 2.45) is 0 Å². The first-order chi connectivity index (χ1) is 12.8. The quantitative estimate of drug-likeness (QED) is 0.834. The number of nitrogens with one attached hydrogen (secondary N) is 1.